The number of rotatable bonds is 3. The lowest BCUT2D eigenvalue weighted by Crippen LogP contribution is -2.12. The van der Waals surface area contributed by atoms with Crippen molar-refractivity contribution < 1.29 is 13.6 Å². The Balaban J connectivity index is 2.32. The Bertz CT molecular complexity index is 570. The third kappa shape index (κ3) is 2.62. The number of hydrogen-bond acceptors (Lipinski definition) is 4. The van der Waals surface area contributed by atoms with E-state index in [9.17, 15) is 13.6 Å². The van der Waals surface area contributed by atoms with Crippen LogP contribution < -0.4 is 5.32 Å². The monoisotopic (exact) mass is 289 g/mol. The number of amides is 1. The Morgan fingerprint density at radius 1 is 1.33 bits per heavy atom. The van der Waals surface area contributed by atoms with Crippen molar-refractivity contribution in [2.45, 2.75) is 0 Å². The number of carbonyl (C=O) groups excluding carboxylic acids is 1. The van der Waals surface area contributed by atoms with E-state index in [2.05, 4.69) is 15.5 Å². The molecule has 2 rings (SSSR count). The normalized spacial score (nSPS) is 10.4. The zero-order valence-corrected chi connectivity index (χ0v) is 10.4. The highest BCUT2D eigenvalue weighted by molar-refractivity contribution is 7.18. The van der Waals surface area contributed by atoms with Crippen molar-refractivity contribution in [3.05, 3.63) is 29.8 Å². The number of alkyl halides is 1. The molecule has 0 saturated heterocycles. The average Bonchev–Trinajstić information content (AvgIpc) is 2.77. The maximum atomic E-state index is 13.5. The van der Waals surface area contributed by atoms with Crippen LogP contribution in [0.1, 0.15) is 0 Å². The molecule has 2 aromatic rings. The Labute approximate surface area is 110 Å². The minimum absolute atomic E-state index is 0.0514. The van der Waals surface area contributed by atoms with Gasteiger partial charge in [-0.2, -0.15) is 0 Å². The van der Waals surface area contributed by atoms with E-state index in [0.29, 0.717) is 0 Å². The van der Waals surface area contributed by atoms with Gasteiger partial charge in [-0.05, 0) is 12.1 Å². The van der Waals surface area contributed by atoms with Crippen LogP contribution in [0.4, 0.5) is 13.9 Å². The molecule has 0 radical (unpaired) electrons. The van der Waals surface area contributed by atoms with Crippen LogP contribution in [-0.2, 0) is 4.79 Å². The van der Waals surface area contributed by atoms with E-state index >= 15 is 0 Å². The van der Waals surface area contributed by atoms with Gasteiger partial charge in [0.25, 0.3) is 0 Å². The molecule has 0 aliphatic rings. The first-order valence-electron chi connectivity index (χ1n) is 4.75. The molecule has 1 aromatic heterocycles. The molecule has 0 atom stereocenters. The highest BCUT2D eigenvalue weighted by Gasteiger charge is 2.16. The van der Waals surface area contributed by atoms with Crippen molar-refractivity contribution in [1.82, 2.24) is 10.2 Å². The van der Waals surface area contributed by atoms with E-state index in [0.717, 1.165) is 23.5 Å². The van der Waals surface area contributed by atoms with E-state index in [1.54, 1.807) is 0 Å². The van der Waals surface area contributed by atoms with E-state index in [4.69, 9.17) is 11.6 Å². The van der Waals surface area contributed by atoms with Crippen LogP contribution in [-0.4, -0.2) is 22.0 Å². The summed E-state index contributed by atoms with van der Waals surface area (Å²) >= 11 is 6.17. The van der Waals surface area contributed by atoms with Crippen molar-refractivity contribution in [3.8, 4) is 10.6 Å². The molecule has 0 fully saturated rings. The minimum atomic E-state index is -0.735. The predicted octanol–water partition coefficient (Wildman–Crippen LogP) is 2.66. The molecule has 0 aliphatic heterocycles. The molecule has 0 spiro atoms. The highest BCUT2D eigenvalue weighted by Crippen LogP contribution is 2.30. The summed E-state index contributed by atoms with van der Waals surface area (Å²) in [4.78, 5) is 11.0. The quantitative estimate of drug-likeness (QED) is 0.884. The van der Waals surface area contributed by atoms with Gasteiger partial charge in [0.05, 0.1) is 5.56 Å². The number of hydrogen-bond donors (Lipinski definition) is 1. The van der Waals surface area contributed by atoms with Crippen LogP contribution in [0.25, 0.3) is 10.6 Å². The Morgan fingerprint density at radius 2 is 2.00 bits per heavy atom. The second kappa shape index (κ2) is 5.36. The number of halogens is 3. The number of anilines is 1. The number of nitrogens with one attached hydrogen (secondary N) is 1. The number of carbonyl (C=O) groups is 1. The first-order valence-corrected chi connectivity index (χ1v) is 6.10. The Morgan fingerprint density at radius 3 is 2.61 bits per heavy atom. The van der Waals surface area contributed by atoms with Gasteiger partial charge in [-0.3, -0.25) is 10.1 Å². The average molecular weight is 290 g/mol. The van der Waals surface area contributed by atoms with Gasteiger partial charge in [-0.15, -0.1) is 21.8 Å². The molecule has 94 valence electrons. The molecule has 1 amide bonds. The summed E-state index contributed by atoms with van der Waals surface area (Å²) in [6, 6.07) is 3.50. The molecule has 1 aromatic carbocycles. The van der Waals surface area contributed by atoms with Crippen molar-refractivity contribution in [2.24, 2.45) is 0 Å². The molecular formula is C10H6ClF2N3OS. The van der Waals surface area contributed by atoms with Gasteiger partial charge in [0.15, 0.2) is 5.01 Å². The second-order valence-corrected chi connectivity index (χ2v) is 4.44. The smallest absolute Gasteiger partial charge is 0.241 e. The van der Waals surface area contributed by atoms with Gasteiger partial charge >= 0.3 is 0 Å². The summed E-state index contributed by atoms with van der Waals surface area (Å²) in [6.07, 6.45) is 0. The third-order valence-electron chi connectivity index (χ3n) is 1.97. The summed E-state index contributed by atoms with van der Waals surface area (Å²) in [5.74, 6) is -2.17. The van der Waals surface area contributed by atoms with E-state index < -0.39 is 17.5 Å². The van der Waals surface area contributed by atoms with E-state index in [1.807, 2.05) is 0 Å². The van der Waals surface area contributed by atoms with Crippen molar-refractivity contribution in [3.63, 3.8) is 0 Å². The first kappa shape index (κ1) is 12.8. The van der Waals surface area contributed by atoms with Crippen LogP contribution in [0.2, 0.25) is 0 Å². The van der Waals surface area contributed by atoms with Crippen LogP contribution in [0.5, 0.6) is 0 Å². The van der Waals surface area contributed by atoms with Gasteiger partial charge in [-0.25, -0.2) is 8.78 Å². The largest absolute Gasteiger partial charge is 0.299 e. The fourth-order valence-electron chi connectivity index (χ4n) is 1.23. The van der Waals surface area contributed by atoms with Crippen LogP contribution in [0.3, 0.4) is 0 Å². The summed E-state index contributed by atoms with van der Waals surface area (Å²) < 4.78 is 26.9. The Kier molecular flexibility index (Phi) is 3.83. The first-order chi connectivity index (χ1) is 8.61. The number of benzene rings is 1. The molecule has 0 unspecified atom stereocenters. The van der Waals surface area contributed by atoms with E-state index in [-0.39, 0.29) is 21.6 Å². The predicted molar refractivity (Wildman–Crippen MR) is 64.6 cm³/mol. The zero-order valence-electron chi connectivity index (χ0n) is 8.78. The Hall–Kier alpha value is -1.60. The summed E-state index contributed by atoms with van der Waals surface area (Å²) in [6.45, 7) is 0. The number of nitrogens with zero attached hydrogens (tertiary/aromatic N) is 2. The van der Waals surface area contributed by atoms with Gasteiger partial charge < -0.3 is 0 Å². The number of aromatic nitrogens is 2. The lowest BCUT2D eigenvalue weighted by atomic mass is 10.2. The fraction of sp³-hybridized carbons (Fsp3) is 0.100. The lowest BCUT2D eigenvalue weighted by Gasteiger charge is -1.99. The fourth-order valence-corrected chi connectivity index (χ4v) is 2.10. The van der Waals surface area contributed by atoms with E-state index in [1.165, 1.54) is 6.07 Å². The van der Waals surface area contributed by atoms with Gasteiger partial charge in [-0.1, -0.05) is 17.4 Å². The van der Waals surface area contributed by atoms with Gasteiger partial charge in [0.2, 0.25) is 11.0 Å². The van der Waals surface area contributed by atoms with Crippen LogP contribution in [0, 0.1) is 11.6 Å². The molecule has 0 bridgehead atoms. The van der Waals surface area contributed by atoms with Crippen molar-refractivity contribution in [2.75, 3.05) is 11.2 Å². The maximum absolute atomic E-state index is 13.5. The van der Waals surface area contributed by atoms with Crippen LogP contribution in [0.15, 0.2) is 18.2 Å². The third-order valence-corrected chi connectivity index (χ3v) is 3.07. The summed E-state index contributed by atoms with van der Waals surface area (Å²) in [5, 5.41) is 9.77. The molecule has 18 heavy (non-hydrogen) atoms. The molecule has 0 saturated carbocycles. The molecule has 1 N–H and O–H groups in total. The SMILES string of the molecule is O=C(CCl)Nc1nnc(-c2c(F)cccc2F)s1. The standard InChI is InChI=1S/C10H6ClF2N3OS/c11-4-7(17)14-10-16-15-9(18-10)8-5(12)2-1-3-6(8)13/h1-3H,4H2,(H,14,16,17). The zero-order chi connectivity index (χ0) is 13.1. The molecule has 8 heteroatoms. The molecule has 4 nitrogen and oxygen atoms in total. The van der Waals surface area contributed by atoms with Crippen LogP contribution >= 0.6 is 22.9 Å². The van der Waals surface area contributed by atoms with Crippen molar-refractivity contribution in [1.29, 1.82) is 0 Å². The molecule has 1 heterocycles. The highest BCUT2D eigenvalue weighted by atomic mass is 35.5. The van der Waals surface area contributed by atoms with Crippen molar-refractivity contribution >= 4 is 34.0 Å². The topological polar surface area (TPSA) is 54.9 Å². The minimum Gasteiger partial charge on any atom is -0.299 e. The van der Waals surface area contributed by atoms with Gasteiger partial charge in [0.1, 0.15) is 17.5 Å². The molecular weight excluding hydrogens is 284 g/mol. The second-order valence-electron chi connectivity index (χ2n) is 3.19. The maximum Gasteiger partial charge on any atom is 0.241 e. The summed E-state index contributed by atoms with van der Waals surface area (Å²) in [7, 11) is 0. The summed E-state index contributed by atoms with van der Waals surface area (Å²) in [5.41, 5.74) is -0.263. The lowest BCUT2D eigenvalue weighted by molar-refractivity contribution is -0.113. The van der Waals surface area contributed by atoms with Gasteiger partial charge in [0, 0.05) is 0 Å². The molecule has 0 aliphatic carbocycles.